The van der Waals surface area contributed by atoms with Crippen molar-refractivity contribution < 1.29 is 8.42 Å². The van der Waals surface area contributed by atoms with Crippen molar-refractivity contribution in [3.8, 4) is 0 Å². The molecule has 0 spiro atoms. The first kappa shape index (κ1) is 16.9. The van der Waals surface area contributed by atoms with E-state index in [1.54, 1.807) is 6.08 Å². The van der Waals surface area contributed by atoms with Crippen LogP contribution < -0.4 is 9.44 Å². The third kappa shape index (κ3) is 6.32. The molecule has 112 valence electrons. The van der Waals surface area contributed by atoms with E-state index in [9.17, 15) is 8.42 Å². The first-order chi connectivity index (χ1) is 9.44. The second-order valence-electron chi connectivity index (χ2n) is 5.14. The van der Waals surface area contributed by atoms with Crippen molar-refractivity contribution in [2.45, 2.75) is 39.3 Å². The Morgan fingerprint density at radius 3 is 2.45 bits per heavy atom. The maximum atomic E-state index is 12.0. The molecule has 5 heteroatoms. The summed E-state index contributed by atoms with van der Waals surface area (Å²) in [7, 11) is -3.49. The Hall–Kier alpha value is -1.17. The lowest BCUT2D eigenvalue weighted by molar-refractivity contribution is 0.423. The minimum absolute atomic E-state index is 0.0822. The van der Waals surface area contributed by atoms with Crippen molar-refractivity contribution in [1.82, 2.24) is 9.44 Å². The van der Waals surface area contributed by atoms with Crippen LogP contribution in [0.15, 0.2) is 43.0 Å². The molecule has 1 aromatic rings. The standard InChI is InChI=1S/C15H24N2O2S/c1-4-5-11-15(13(2)3)17-20(18,19)16-12-14-9-7-6-8-10-14/h4,6-10,13,15-17H,1,5,11-12H2,2-3H3. The molecule has 0 radical (unpaired) electrons. The second-order valence-corrected chi connectivity index (χ2v) is 6.68. The van der Waals surface area contributed by atoms with E-state index in [2.05, 4.69) is 16.0 Å². The van der Waals surface area contributed by atoms with E-state index < -0.39 is 10.2 Å². The van der Waals surface area contributed by atoms with E-state index >= 15 is 0 Å². The molecule has 0 aliphatic carbocycles. The van der Waals surface area contributed by atoms with Crippen LogP contribution in [0, 0.1) is 5.92 Å². The van der Waals surface area contributed by atoms with Crippen LogP contribution in [0.5, 0.6) is 0 Å². The molecule has 0 saturated heterocycles. The second kappa shape index (κ2) is 8.19. The largest absolute Gasteiger partial charge is 0.277 e. The van der Waals surface area contributed by atoms with Gasteiger partial charge in [-0.1, -0.05) is 50.3 Å². The predicted octanol–water partition coefficient (Wildman–Crippen LogP) is 2.60. The van der Waals surface area contributed by atoms with Gasteiger partial charge in [-0.2, -0.15) is 17.9 Å². The van der Waals surface area contributed by atoms with E-state index in [1.807, 2.05) is 44.2 Å². The lowest BCUT2D eigenvalue weighted by Crippen LogP contribution is -2.44. The minimum atomic E-state index is -3.49. The minimum Gasteiger partial charge on any atom is -0.199 e. The van der Waals surface area contributed by atoms with E-state index in [-0.39, 0.29) is 12.0 Å². The summed E-state index contributed by atoms with van der Waals surface area (Å²) in [4.78, 5) is 0. The first-order valence-electron chi connectivity index (χ1n) is 6.86. The van der Waals surface area contributed by atoms with Crippen molar-refractivity contribution >= 4 is 10.2 Å². The number of rotatable bonds is 9. The van der Waals surface area contributed by atoms with Gasteiger partial charge in [0.25, 0.3) is 10.2 Å². The molecular formula is C15H24N2O2S. The highest BCUT2D eigenvalue weighted by Crippen LogP contribution is 2.10. The molecule has 0 bridgehead atoms. The third-order valence-corrected chi connectivity index (χ3v) is 4.24. The van der Waals surface area contributed by atoms with Crippen molar-refractivity contribution in [2.75, 3.05) is 0 Å². The summed E-state index contributed by atoms with van der Waals surface area (Å²) >= 11 is 0. The molecule has 0 aliphatic rings. The fraction of sp³-hybridized carbons (Fsp3) is 0.467. The van der Waals surface area contributed by atoms with Gasteiger partial charge in [0.2, 0.25) is 0 Å². The summed E-state index contributed by atoms with van der Waals surface area (Å²) in [5, 5.41) is 0. The summed E-state index contributed by atoms with van der Waals surface area (Å²) in [5.41, 5.74) is 0.935. The Bertz CT molecular complexity index is 498. The fourth-order valence-corrected chi connectivity index (χ4v) is 3.07. The van der Waals surface area contributed by atoms with Crippen LogP contribution in [-0.4, -0.2) is 14.5 Å². The molecule has 4 nitrogen and oxygen atoms in total. The van der Waals surface area contributed by atoms with Crippen LogP contribution in [0.2, 0.25) is 0 Å². The van der Waals surface area contributed by atoms with Gasteiger partial charge in [0.1, 0.15) is 0 Å². The van der Waals surface area contributed by atoms with Gasteiger partial charge in [-0.25, -0.2) is 0 Å². The zero-order valence-corrected chi connectivity index (χ0v) is 13.0. The lowest BCUT2D eigenvalue weighted by atomic mass is 10.0. The number of benzene rings is 1. The smallest absolute Gasteiger partial charge is 0.199 e. The molecule has 2 N–H and O–H groups in total. The van der Waals surface area contributed by atoms with Gasteiger partial charge in [0.05, 0.1) is 0 Å². The molecule has 20 heavy (non-hydrogen) atoms. The molecule has 0 saturated carbocycles. The average molecular weight is 296 g/mol. The normalized spacial score (nSPS) is 13.3. The lowest BCUT2D eigenvalue weighted by Gasteiger charge is -2.22. The molecule has 1 atom stereocenters. The maximum Gasteiger partial charge on any atom is 0.277 e. The summed E-state index contributed by atoms with van der Waals surface area (Å²) in [6.45, 7) is 7.98. The Labute approximate surface area is 122 Å². The highest BCUT2D eigenvalue weighted by Gasteiger charge is 2.19. The predicted molar refractivity (Wildman–Crippen MR) is 83.4 cm³/mol. The van der Waals surface area contributed by atoms with Gasteiger partial charge >= 0.3 is 0 Å². The van der Waals surface area contributed by atoms with Crippen LogP contribution in [0.1, 0.15) is 32.3 Å². The van der Waals surface area contributed by atoms with Crippen LogP contribution in [0.4, 0.5) is 0 Å². The third-order valence-electron chi connectivity index (χ3n) is 3.10. The Kier molecular flexibility index (Phi) is 6.91. The Morgan fingerprint density at radius 2 is 1.90 bits per heavy atom. The van der Waals surface area contributed by atoms with Crippen molar-refractivity contribution in [2.24, 2.45) is 5.92 Å². The van der Waals surface area contributed by atoms with Gasteiger partial charge < -0.3 is 0 Å². The zero-order valence-electron chi connectivity index (χ0n) is 12.2. The van der Waals surface area contributed by atoms with Gasteiger partial charge in [-0.05, 0) is 24.3 Å². The summed E-state index contributed by atoms with van der Waals surface area (Å²) in [5.74, 6) is 0.239. The van der Waals surface area contributed by atoms with Crippen molar-refractivity contribution in [3.05, 3.63) is 48.6 Å². The molecule has 0 heterocycles. The molecule has 0 aromatic heterocycles. The van der Waals surface area contributed by atoms with E-state index in [0.717, 1.165) is 18.4 Å². The van der Waals surface area contributed by atoms with E-state index in [1.165, 1.54) is 0 Å². The van der Waals surface area contributed by atoms with Crippen LogP contribution >= 0.6 is 0 Å². The molecule has 1 unspecified atom stereocenters. The summed E-state index contributed by atoms with van der Waals surface area (Å²) in [6, 6.07) is 9.37. The van der Waals surface area contributed by atoms with Crippen LogP contribution in [0.3, 0.4) is 0 Å². The molecular weight excluding hydrogens is 272 g/mol. The highest BCUT2D eigenvalue weighted by atomic mass is 32.2. The summed E-state index contributed by atoms with van der Waals surface area (Å²) < 4.78 is 29.4. The molecule has 1 rings (SSSR count). The van der Waals surface area contributed by atoms with Gasteiger partial charge in [-0.3, -0.25) is 0 Å². The monoisotopic (exact) mass is 296 g/mol. The molecule has 0 amide bonds. The SMILES string of the molecule is C=CCCC(NS(=O)(=O)NCc1ccccc1)C(C)C. The average Bonchev–Trinajstić information content (AvgIpc) is 2.42. The Morgan fingerprint density at radius 1 is 1.25 bits per heavy atom. The molecule has 0 aliphatic heterocycles. The topological polar surface area (TPSA) is 58.2 Å². The quantitative estimate of drug-likeness (QED) is 0.688. The Balaban J connectivity index is 2.56. The summed E-state index contributed by atoms with van der Waals surface area (Å²) in [6.07, 6.45) is 3.36. The van der Waals surface area contributed by atoms with E-state index in [0.29, 0.717) is 6.54 Å². The first-order valence-corrected chi connectivity index (χ1v) is 8.34. The maximum absolute atomic E-state index is 12.0. The number of hydrogen-bond donors (Lipinski definition) is 2. The van der Waals surface area contributed by atoms with Gasteiger partial charge in [0.15, 0.2) is 0 Å². The number of allylic oxidation sites excluding steroid dienone is 1. The number of nitrogens with one attached hydrogen (secondary N) is 2. The van der Waals surface area contributed by atoms with Gasteiger partial charge in [-0.15, -0.1) is 6.58 Å². The van der Waals surface area contributed by atoms with Crippen LogP contribution in [0.25, 0.3) is 0 Å². The zero-order chi connectivity index (χ0) is 15.0. The van der Waals surface area contributed by atoms with E-state index in [4.69, 9.17) is 0 Å². The van der Waals surface area contributed by atoms with Gasteiger partial charge in [0, 0.05) is 12.6 Å². The molecule has 1 aromatic carbocycles. The number of hydrogen-bond acceptors (Lipinski definition) is 2. The van der Waals surface area contributed by atoms with Crippen LogP contribution in [-0.2, 0) is 16.8 Å². The highest BCUT2D eigenvalue weighted by molar-refractivity contribution is 7.87. The fourth-order valence-electron chi connectivity index (χ4n) is 1.84. The molecule has 0 fully saturated rings. The van der Waals surface area contributed by atoms with Crippen molar-refractivity contribution in [3.63, 3.8) is 0 Å². The van der Waals surface area contributed by atoms with Crippen molar-refractivity contribution in [1.29, 1.82) is 0 Å².